The molecule has 0 aromatic heterocycles. The number of aryl methyl sites for hydroxylation is 2. The third kappa shape index (κ3) is 2.96. The molecule has 0 heterocycles. The van der Waals surface area contributed by atoms with E-state index in [4.69, 9.17) is 0 Å². The molecule has 0 aliphatic heterocycles. The van der Waals surface area contributed by atoms with Crippen molar-refractivity contribution in [3.05, 3.63) is 34.9 Å². The number of carbonyl (C=O) groups is 1. The highest BCUT2D eigenvalue weighted by Gasteiger charge is 2.04. The van der Waals surface area contributed by atoms with E-state index in [1.807, 2.05) is 13.8 Å². The lowest BCUT2D eigenvalue weighted by molar-refractivity contribution is -0.115. The molecule has 0 unspecified atom stereocenters. The summed E-state index contributed by atoms with van der Waals surface area (Å²) >= 11 is 3.17. The summed E-state index contributed by atoms with van der Waals surface area (Å²) in [6.45, 7) is 4.08. The van der Waals surface area contributed by atoms with Crippen molar-refractivity contribution >= 4 is 21.7 Å². The maximum Gasteiger partial charge on any atom is 0.147 e. The number of Topliss-reactive ketones (excluding diaryl/α,β-unsaturated/α-hetero) is 1. The van der Waals surface area contributed by atoms with Crippen molar-refractivity contribution in [3.63, 3.8) is 0 Å². The summed E-state index contributed by atoms with van der Waals surface area (Å²) in [5, 5.41) is 0.445. The molecule has 0 fully saturated rings. The molecule has 0 aliphatic carbocycles. The summed E-state index contributed by atoms with van der Waals surface area (Å²) in [5.41, 5.74) is 3.55. The van der Waals surface area contributed by atoms with Gasteiger partial charge in [0.15, 0.2) is 0 Å². The minimum atomic E-state index is 0.230. The lowest BCUT2D eigenvalue weighted by Crippen LogP contribution is -2.05. The van der Waals surface area contributed by atoms with Gasteiger partial charge in [0.05, 0.1) is 5.33 Å². The Bertz CT molecular complexity index is 318. The summed E-state index contributed by atoms with van der Waals surface area (Å²) in [6.07, 6.45) is 0.540. The fraction of sp³-hybridized carbons (Fsp3) is 0.364. The second-order valence-corrected chi connectivity index (χ2v) is 3.84. The molecular weight excluding hydrogens is 228 g/mol. The van der Waals surface area contributed by atoms with Crippen LogP contribution in [0.25, 0.3) is 0 Å². The molecule has 0 atom stereocenters. The Balaban J connectivity index is 2.87. The Labute approximate surface area is 87.3 Å². The van der Waals surface area contributed by atoms with Crippen molar-refractivity contribution in [3.8, 4) is 0 Å². The van der Waals surface area contributed by atoms with Crippen LogP contribution < -0.4 is 0 Å². The van der Waals surface area contributed by atoms with E-state index in [1.165, 1.54) is 11.1 Å². The zero-order chi connectivity index (χ0) is 9.84. The summed E-state index contributed by atoms with van der Waals surface area (Å²) in [4.78, 5) is 11.2. The van der Waals surface area contributed by atoms with Gasteiger partial charge in [0, 0.05) is 6.42 Å². The van der Waals surface area contributed by atoms with Crippen LogP contribution in [0.15, 0.2) is 18.2 Å². The molecule has 1 nitrogen and oxygen atoms in total. The van der Waals surface area contributed by atoms with Crippen LogP contribution in [0.5, 0.6) is 0 Å². The Morgan fingerprint density at radius 2 is 2.08 bits per heavy atom. The van der Waals surface area contributed by atoms with E-state index in [2.05, 4.69) is 34.1 Å². The van der Waals surface area contributed by atoms with E-state index in [0.717, 1.165) is 5.56 Å². The van der Waals surface area contributed by atoms with Crippen LogP contribution in [0, 0.1) is 13.8 Å². The monoisotopic (exact) mass is 240 g/mol. The molecule has 0 amide bonds. The van der Waals surface area contributed by atoms with Gasteiger partial charge in [0.25, 0.3) is 0 Å². The topological polar surface area (TPSA) is 17.1 Å². The first-order valence-electron chi connectivity index (χ1n) is 4.27. The molecule has 0 spiro atoms. The number of alkyl halides is 1. The van der Waals surface area contributed by atoms with Crippen LogP contribution in [0.3, 0.4) is 0 Å². The van der Waals surface area contributed by atoms with Crippen LogP contribution in [-0.4, -0.2) is 11.1 Å². The highest BCUT2D eigenvalue weighted by molar-refractivity contribution is 9.09. The second kappa shape index (κ2) is 4.56. The molecule has 0 aliphatic rings. The summed E-state index contributed by atoms with van der Waals surface area (Å²) in [5.74, 6) is 0.230. The predicted octanol–water partition coefficient (Wildman–Crippen LogP) is 2.81. The molecule has 0 saturated carbocycles. The molecule has 2 heteroatoms. The van der Waals surface area contributed by atoms with Crippen molar-refractivity contribution in [1.82, 2.24) is 0 Å². The molecule has 13 heavy (non-hydrogen) atoms. The van der Waals surface area contributed by atoms with Gasteiger partial charge in [-0.05, 0) is 25.0 Å². The first-order chi connectivity index (χ1) is 6.13. The van der Waals surface area contributed by atoms with Gasteiger partial charge in [-0.1, -0.05) is 39.7 Å². The fourth-order valence-electron chi connectivity index (χ4n) is 1.25. The van der Waals surface area contributed by atoms with E-state index in [-0.39, 0.29) is 5.78 Å². The molecule has 70 valence electrons. The summed E-state index contributed by atoms with van der Waals surface area (Å²) in [7, 11) is 0. The number of hydrogen-bond donors (Lipinski definition) is 0. The lowest BCUT2D eigenvalue weighted by Gasteiger charge is -2.04. The Kier molecular flexibility index (Phi) is 3.67. The Morgan fingerprint density at radius 3 is 2.69 bits per heavy atom. The first-order valence-corrected chi connectivity index (χ1v) is 5.39. The highest BCUT2D eigenvalue weighted by atomic mass is 79.9. The number of carbonyl (C=O) groups excluding carboxylic acids is 1. The largest absolute Gasteiger partial charge is 0.298 e. The van der Waals surface area contributed by atoms with Crippen LogP contribution in [0.4, 0.5) is 0 Å². The zero-order valence-corrected chi connectivity index (χ0v) is 9.52. The van der Waals surface area contributed by atoms with Gasteiger partial charge in [-0.15, -0.1) is 0 Å². The third-order valence-corrected chi connectivity index (χ3v) is 2.67. The second-order valence-electron chi connectivity index (χ2n) is 3.28. The molecule has 0 radical (unpaired) electrons. The van der Waals surface area contributed by atoms with Gasteiger partial charge in [-0.25, -0.2) is 0 Å². The molecule has 1 rings (SSSR count). The summed E-state index contributed by atoms with van der Waals surface area (Å²) in [6, 6.07) is 6.21. The normalized spacial score (nSPS) is 10.1. The quantitative estimate of drug-likeness (QED) is 0.743. The molecule has 1 aromatic carbocycles. The van der Waals surface area contributed by atoms with Gasteiger partial charge in [-0.2, -0.15) is 0 Å². The lowest BCUT2D eigenvalue weighted by atomic mass is 10.0. The highest BCUT2D eigenvalue weighted by Crippen LogP contribution is 2.11. The average molecular weight is 241 g/mol. The van der Waals surface area contributed by atoms with Gasteiger partial charge in [-0.3, -0.25) is 4.79 Å². The predicted molar refractivity (Wildman–Crippen MR) is 58.4 cm³/mol. The maximum absolute atomic E-state index is 11.2. The average Bonchev–Trinajstić information content (AvgIpc) is 2.11. The minimum Gasteiger partial charge on any atom is -0.298 e. The van der Waals surface area contributed by atoms with Gasteiger partial charge in [0.2, 0.25) is 0 Å². The van der Waals surface area contributed by atoms with Crippen molar-refractivity contribution in [2.45, 2.75) is 20.3 Å². The molecule has 0 N–H and O–H groups in total. The van der Waals surface area contributed by atoms with E-state index in [1.54, 1.807) is 0 Å². The number of halogens is 1. The molecular formula is C11H13BrO. The van der Waals surface area contributed by atoms with E-state index in [9.17, 15) is 4.79 Å². The SMILES string of the molecule is Cc1ccc(C)c(CC(=O)CBr)c1. The van der Waals surface area contributed by atoms with Crippen LogP contribution in [-0.2, 0) is 11.2 Å². The van der Waals surface area contributed by atoms with Crippen LogP contribution in [0.1, 0.15) is 16.7 Å². The Morgan fingerprint density at radius 1 is 1.38 bits per heavy atom. The van der Waals surface area contributed by atoms with Crippen molar-refractivity contribution in [2.24, 2.45) is 0 Å². The van der Waals surface area contributed by atoms with Crippen molar-refractivity contribution in [1.29, 1.82) is 0 Å². The fourth-order valence-corrected chi connectivity index (χ4v) is 1.45. The van der Waals surface area contributed by atoms with Crippen molar-refractivity contribution < 1.29 is 4.79 Å². The standard InChI is InChI=1S/C11H13BrO/c1-8-3-4-9(2)10(5-8)6-11(13)7-12/h3-5H,6-7H2,1-2H3. The number of ketones is 1. The van der Waals surface area contributed by atoms with E-state index in [0.29, 0.717) is 11.8 Å². The molecule has 1 aromatic rings. The van der Waals surface area contributed by atoms with Gasteiger partial charge >= 0.3 is 0 Å². The minimum absolute atomic E-state index is 0.230. The smallest absolute Gasteiger partial charge is 0.147 e. The van der Waals surface area contributed by atoms with E-state index < -0.39 is 0 Å². The number of rotatable bonds is 3. The van der Waals surface area contributed by atoms with Crippen LogP contribution in [0.2, 0.25) is 0 Å². The molecule has 0 bridgehead atoms. The zero-order valence-electron chi connectivity index (χ0n) is 7.93. The molecule has 0 saturated heterocycles. The van der Waals surface area contributed by atoms with Gasteiger partial charge < -0.3 is 0 Å². The van der Waals surface area contributed by atoms with Crippen molar-refractivity contribution in [2.75, 3.05) is 5.33 Å². The Hall–Kier alpha value is -0.630. The van der Waals surface area contributed by atoms with Crippen LogP contribution >= 0.6 is 15.9 Å². The third-order valence-electron chi connectivity index (χ3n) is 2.04. The van der Waals surface area contributed by atoms with Gasteiger partial charge in [0.1, 0.15) is 5.78 Å². The maximum atomic E-state index is 11.2. The van der Waals surface area contributed by atoms with E-state index >= 15 is 0 Å². The number of hydrogen-bond acceptors (Lipinski definition) is 1. The number of benzene rings is 1. The first kappa shape index (κ1) is 10.5. The summed E-state index contributed by atoms with van der Waals surface area (Å²) < 4.78 is 0.